The maximum Gasteiger partial charge on any atom is 0.229 e. The maximum atomic E-state index is 11.6. The molecule has 0 bridgehead atoms. The number of rotatable bonds is 7. The highest BCUT2D eigenvalue weighted by Crippen LogP contribution is 2.32. The first-order valence-corrected chi connectivity index (χ1v) is 13.8. The molecule has 10 nitrogen and oxygen atoms in total. The molecule has 34 heavy (non-hydrogen) atoms. The molecule has 3 aromatic heterocycles. The number of sulfone groups is 1. The monoisotopic (exact) mass is 502 g/mol. The van der Waals surface area contributed by atoms with Gasteiger partial charge in [0.15, 0.2) is 15.7 Å². The summed E-state index contributed by atoms with van der Waals surface area (Å²) in [6, 6.07) is 6.36. The lowest BCUT2D eigenvalue weighted by Crippen LogP contribution is -2.33. The Kier molecular flexibility index (Phi) is 6.02. The molecule has 0 saturated carbocycles. The minimum Gasteiger partial charge on any atom is -0.487 e. The van der Waals surface area contributed by atoms with Gasteiger partial charge in [0.2, 0.25) is 16.0 Å². The van der Waals surface area contributed by atoms with E-state index in [-0.39, 0.29) is 23.3 Å². The van der Waals surface area contributed by atoms with E-state index in [1.807, 2.05) is 6.20 Å². The summed E-state index contributed by atoms with van der Waals surface area (Å²) in [6.45, 7) is 6.15. The van der Waals surface area contributed by atoms with Gasteiger partial charge in [0.1, 0.15) is 12.4 Å². The summed E-state index contributed by atoms with van der Waals surface area (Å²) in [5.41, 5.74) is 0.758. The number of aromatic nitrogens is 5. The molecule has 0 unspecified atom stereocenters. The van der Waals surface area contributed by atoms with E-state index >= 15 is 0 Å². The number of ether oxygens (including phenoxy) is 1. The molecule has 0 aliphatic carbocycles. The first-order valence-electron chi connectivity index (χ1n) is 11.1. The number of imidazole rings is 1. The summed E-state index contributed by atoms with van der Waals surface area (Å²) < 4.78 is 36.2. The Hall–Kier alpha value is -2.99. The fraction of sp³-hybridized carbons (Fsp3) is 0.455. The lowest BCUT2D eigenvalue weighted by molar-refractivity contribution is 0.302. The number of piperidine rings is 1. The second kappa shape index (κ2) is 8.99. The molecule has 1 aliphatic rings. The van der Waals surface area contributed by atoms with Crippen LogP contribution in [0.2, 0.25) is 0 Å². The minimum absolute atomic E-state index is 0.264. The zero-order valence-corrected chi connectivity index (χ0v) is 20.8. The number of hydrogen-bond acceptors (Lipinski definition) is 10. The predicted molar refractivity (Wildman–Crippen MR) is 127 cm³/mol. The van der Waals surface area contributed by atoms with Gasteiger partial charge < -0.3 is 14.2 Å². The minimum atomic E-state index is -3.22. The molecular weight excluding hydrogens is 476 g/mol. The molecule has 1 aromatic carbocycles. The van der Waals surface area contributed by atoms with Gasteiger partial charge in [0.05, 0.1) is 16.8 Å². The van der Waals surface area contributed by atoms with Gasteiger partial charge in [-0.15, -0.1) is 5.10 Å². The number of nitrogens with zero attached hydrogens (tertiary/aromatic N) is 6. The summed E-state index contributed by atoms with van der Waals surface area (Å²) >= 11 is 1.55. The Morgan fingerprint density at radius 2 is 1.91 bits per heavy atom. The Balaban J connectivity index is 1.18. The van der Waals surface area contributed by atoms with Gasteiger partial charge in [0, 0.05) is 31.2 Å². The molecule has 1 saturated heterocycles. The van der Waals surface area contributed by atoms with Crippen molar-refractivity contribution in [2.24, 2.45) is 0 Å². The van der Waals surface area contributed by atoms with Gasteiger partial charge in [-0.2, -0.15) is 4.98 Å². The van der Waals surface area contributed by atoms with Crippen LogP contribution in [0, 0.1) is 0 Å². The van der Waals surface area contributed by atoms with E-state index in [1.54, 1.807) is 28.0 Å². The third kappa shape index (κ3) is 4.78. The molecular formula is C22H26N6O4S2. The molecule has 180 valence electrons. The fourth-order valence-electron chi connectivity index (χ4n) is 3.84. The summed E-state index contributed by atoms with van der Waals surface area (Å²) in [4.78, 5) is 12.5. The summed E-state index contributed by atoms with van der Waals surface area (Å²) in [5.74, 6) is 2.65. The summed E-state index contributed by atoms with van der Waals surface area (Å²) in [5, 5.41) is 9.73. The van der Waals surface area contributed by atoms with Crippen LogP contribution in [0.15, 0.2) is 39.9 Å². The molecule has 5 rings (SSSR count). The lowest BCUT2D eigenvalue weighted by atomic mass is 9.97. The van der Waals surface area contributed by atoms with E-state index in [1.165, 1.54) is 18.4 Å². The van der Waals surface area contributed by atoms with Crippen LogP contribution in [0.1, 0.15) is 55.9 Å². The second-order valence-corrected chi connectivity index (χ2v) is 11.7. The third-order valence-electron chi connectivity index (χ3n) is 5.81. The van der Waals surface area contributed by atoms with Crippen LogP contribution in [0.25, 0.3) is 4.96 Å². The number of fused-ring (bicyclic) bond motifs is 1. The summed E-state index contributed by atoms with van der Waals surface area (Å²) in [7, 11) is -3.22. The molecule has 0 radical (unpaired) electrons. The van der Waals surface area contributed by atoms with Gasteiger partial charge >= 0.3 is 0 Å². The van der Waals surface area contributed by atoms with Crippen LogP contribution in [-0.2, 0) is 16.4 Å². The molecule has 4 aromatic rings. The zero-order valence-electron chi connectivity index (χ0n) is 19.2. The first-order chi connectivity index (χ1) is 16.3. The molecule has 0 spiro atoms. The molecule has 4 heterocycles. The molecule has 0 N–H and O–H groups in total. The van der Waals surface area contributed by atoms with Crippen molar-refractivity contribution in [3.8, 4) is 5.75 Å². The van der Waals surface area contributed by atoms with Crippen molar-refractivity contribution in [1.29, 1.82) is 0 Å². The van der Waals surface area contributed by atoms with Gasteiger partial charge in [-0.25, -0.2) is 17.9 Å². The maximum absolute atomic E-state index is 11.6. The van der Waals surface area contributed by atoms with Crippen molar-refractivity contribution < 1.29 is 17.7 Å². The summed E-state index contributed by atoms with van der Waals surface area (Å²) in [6.07, 6.45) is 4.93. The second-order valence-electron chi connectivity index (χ2n) is 8.78. The van der Waals surface area contributed by atoms with E-state index in [0.29, 0.717) is 5.75 Å². The first kappa shape index (κ1) is 22.8. The lowest BCUT2D eigenvalue weighted by Gasteiger charge is -2.29. The Morgan fingerprint density at radius 3 is 2.53 bits per heavy atom. The van der Waals surface area contributed by atoms with Crippen molar-refractivity contribution in [1.82, 2.24) is 24.7 Å². The largest absolute Gasteiger partial charge is 0.487 e. The molecule has 0 amide bonds. The van der Waals surface area contributed by atoms with Gasteiger partial charge in [-0.05, 0) is 37.1 Å². The van der Waals surface area contributed by atoms with Crippen LogP contribution in [-0.4, -0.2) is 52.5 Å². The normalized spacial score (nSPS) is 15.5. The van der Waals surface area contributed by atoms with Crippen molar-refractivity contribution in [2.45, 2.75) is 50.0 Å². The predicted octanol–water partition coefficient (Wildman–Crippen LogP) is 3.66. The van der Waals surface area contributed by atoms with Gasteiger partial charge in [-0.1, -0.05) is 30.3 Å². The van der Waals surface area contributed by atoms with E-state index in [9.17, 15) is 8.42 Å². The fourth-order valence-corrected chi connectivity index (χ4v) is 5.42. The molecule has 1 fully saturated rings. The number of benzene rings is 1. The number of hydrogen-bond donors (Lipinski definition) is 0. The van der Waals surface area contributed by atoms with Crippen LogP contribution >= 0.6 is 11.3 Å². The quantitative estimate of drug-likeness (QED) is 0.373. The van der Waals surface area contributed by atoms with Gasteiger partial charge in [-0.3, -0.25) is 0 Å². The number of anilines is 1. The Bertz CT molecular complexity index is 1350. The standard InChI is InChI=1S/C22H26N6O4S2/c1-14(2)19-24-20(32-26-19)15-8-10-27(11-9-15)22-25-28-12-16(23-21(28)33-22)13-31-17-4-6-18(7-5-17)34(3,29)30/h4-7,12,14-15H,8-11,13H2,1-3H3. The van der Waals surface area contributed by atoms with Crippen molar-refractivity contribution in [3.63, 3.8) is 0 Å². The van der Waals surface area contributed by atoms with E-state index < -0.39 is 9.84 Å². The van der Waals surface area contributed by atoms with Crippen LogP contribution < -0.4 is 9.64 Å². The SMILES string of the molecule is CC(C)c1noc(C2CCN(c3nn4cc(COc5ccc(S(C)(=O)=O)cc5)nc4s3)CC2)n1. The van der Waals surface area contributed by atoms with Crippen molar-refractivity contribution in [2.75, 3.05) is 24.2 Å². The highest BCUT2D eigenvalue weighted by atomic mass is 32.2. The zero-order chi connectivity index (χ0) is 23.9. The average Bonchev–Trinajstić information content (AvgIpc) is 3.53. The van der Waals surface area contributed by atoms with Crippen LogP contribution in [0.5, 0.6) is 5.75 Å². The van der Waals surface area contributed by atoms with E-state index in [2.05, 4.69) is 33.9 Å². The average molecular weight is 503 g/mol. The third-order valence-corrected chi connectivity index (χ3v) is 7.92. The van der Waals surface area contributed by atoms with Crippen molar-refractivity contribution in [3.05, 3.63) is 47.9 Å². The molecule has 0 atom stereocenters. The van der Waals surface area contributed by atoms with Crippen molar-refractivity contribution >= 4 is 31.3 Å². The van der Waals surface area contributed by atoms with Crippen LogP contribution in [0.4, 0.5) is 5.13 Å². The highest BCUT2D eigenvalue weighted by Gasteiger charge is 2.27. The molecule has 1 aliphatic heterocycles. The highest BCUT2D eigenvalue weighted by molar-refractivity contribution is 7.90. The van der Waals surface area contributed by atoms with E-state index in [0.717, 1.165) is 53.4 Å². The smallest absolute Gasteiger partial charge is 0.229 e. The van der Waals surface area contributed by atoms with Gasteiger partial charge in [0.25, 0.3) is 0 Å². The molecule has 12 heteroatoms. The topological polar surface area (TPSA) is 116 Å². The Labute approximate surface area is 201 Å². The Morgan fingerprint density at radius 1 is 1.18 bits per heavy atom. The van der Waals surface area contributed by atoms with E-state index in [4.69, 9.17) is 14.4 Å². The van der Waals surface area contributed by atoms with Crippen LogP contribution in [0.3, 0.4) is 0 Å².